The van der Waals surface area contributed by atoms with Gasteiger partial charge < -0.3 is 10.4 Å². The SMILES string of the molecule is O=CN[C@H](CC(=O)O)C1CCCCCC1. The van der Waals surface area contributed by atoms with Gasteiger partial charge in [0, 0.05) is 6.04 Å². The second kappa shape index (κ2) is 6.43. The Morgan fingerprint density at radius 2 is 1.93 bits per heavy atom. The van der Waals surface area contributed by atoms with Crippen LogP contribution in [-0.4, -0.2) is 23.5 Å². The Morgan fingerprint density at radius 3 is 2.40 bits per heavy atom. The molecule has 1 saturated carbocycles. The number of carbonyl (C=O) groups is 2. The lowest BCUT2D eigenvalue weighted by atomic mass is 9.90. The number of carboxylic acid groups (broad SMARTS) is 1. The van der Waals surface area contributed by atoms with E-state index in [0.29, 0.717) is 12.3 Å². The van der Waals surface area contributed by atoms with Gasteiger partial charge in [-0.15, -0.1) is 0 Å². The van der Waals surface area contributed by atoms with Crippen molar-refractivity contribution in [3.63, 3.8) is 0 Å². The minimum Gasteiger partial charge on any atom is -0.481 e. The summed E-state index contributed by atoms with van der Waals surface area (Å²) in [4.78, 5) is 21.1. The highest BCUT2D eigenvalue weighted by molar-refractivity contribution is 5.68. The van der Waals surface area contributed by atoms with Gasteiger partial charge in [-0.1, -0.05) is 25.7 Å². The summed E-state index contributed by atoms with van der Waals surface area (Å²) in [7, 11) is 0. The van der Waals surface area contributed by atoms with Crippen LogP contribution in [0.2, 0.25) is 0 Å². The molecule has 4 heteroatoms. The molecule has 0 aromatic carbocycles. The van der Waals surface area contributed by atoms with Crippen LogP contribution in [0.1, 0.15) is 44.9 Å². The van der Waals surface area contributed by atoms with Crippen molar-refractivity contribution in [3.05, 3.63) is 0 Å². The van der Waals surface area contributed by atoms with Crippen LogP contribution >= 0.6 is 0 Å². The number of hydrogen-bond acceptors (Lipinski definition) is 2. The molecule has 0 radical (unpaired) electrons. The highest BCUT2D eigenvalue weighted by atomic mass is 16.4. The first kappa shape index (κ1) is 12.0. The van der Waals surface area contributed by atoms with Crippen molar-refractivity contribution in [2.45, 2.75) is 51.0 Å². The fourth-order valence-electron chi connectivity index (χ4n) is 2.35. The Morgan fingerprint density at radius 1 is 1.33 bits per heavy atom. The van der Waals surface area contributed by atoms with E-state index in [1.165, 1.54) is 12.8 Å². The number of carboxylic acids is 1. The molecular weight excluding hydrogens is 194 g/mol. The minimum absolute atomic E-state index is 0.0450. The van der Waals surface area contributed by atoms with Crippen LogP contribution in [0.3, 0.4) is 0 Å². The zero-order chi connectivity index (χ0) is 11.1. The monoisotopic (exact) mass is 213 g/mol. The molecule has 0 spiro atoms. The fraction of sp³-hybridized carbons (Fsp3) is 0.818. The molecule has 1 rings (SSSR count). The lowest BCUT2D eigenvalue weighted by Gasteiger charge is -2.23. The Bertz CT molecular complexity index is 210. The molecule has 1 amide bonds. The topological polar surface area (TPSA) is 66.4 Å². The first-order valence-electron chi connectivity index (χ1n) is 5.65. The Labute approximate surface area is 90.0 Å². The summed E-state index contributed by atoms with van der Waals surface area (Å²) in [5.41, 5.74) is 0. The molecule has 0 heterocycles. The number of carbonyl (C=O) groups excluding carboxylic acids is 1. The molecule has 0 saturated heterocycles. The average molecular weight is 213 g/mol. The molecule has 0 aromatic rings. The summed E-state index contributed by atoms with van der Waals surface area (Å²) < 4.78 is 0. The lowest BCUT2D eigenvalue weighted by Crippen LogP contribution is -2.37. The molecule has 1 aliphatic rings. The molecule has 86 valence electrons. The summed E-state index contributed by atoms with van der Waals surface area (Å²) in [6.45, 7) is 0. The summed E-state index contributed by atoms with van der Waals surface area (Å²) >= 11 is 0. The number of hydrogen-bond donors (Lipinski definition) is 2. The maximum Gasteiger partial charge on any atom is 0.305 e. The van der Waals surface area contributed by atoms with Gasteiger partial charge in [0.25, 0.3) is 0 Å². The maximum atomic E-state index is 10.7. The first-order chi connectivity index (χ1) is 7.24. The number of aliphatic carboxylic acids is 1. The van der Waals surface area contributed by atoms with Crippen molar-refractivity contribution in [3.8, 4) is 0 Å². The molecule has 1 atom stereocenters. The highest BCUT2D eigenvalue weighted by Crippen LogP contribution is 2.26. The van der Waals surface area contributed by atoms with Crippen LogP contribution in [-0.2, 0) is 9.59 Å². The van der Waals surface area contributed by atoms with Crippen molar-refractivity contribution in [1.82, 2.24) is 5.32 Å². The third-order valence-electron chi connectivity index (χ3n) is 3.15. The molecule has 4 nitrogen and oxygen atoms in total. The normalized spacial score (nSPS) is 20.3. The van der Waals surface area contributed by atoms with Gasteiger partial charge in [0.1, 0.15) is 0 Å². The van der Waals surface area contributed by atoms with Gasteiger partial charge >= 0.3 is 5.97 Å². The lowest BCUT2D eigenvalue weighted by molar-refractivity contribution is -0.138. The standard InChI is InChI=1S/C11H19NO3/c13-8-12-10(7-11(14)15)9-5-3-1-2-4-6-9/h8-10H,1-7H2,(H,12,13)(H,14,15)/t10-/m1/s1. The molecule has 0 bridgehead atoms. The number of nitrogens with one attached hydrogen (secondary N) is 1. The zero-order valence-corrected chi connectivity index (χ0v) is 8.95. The highest BCUT2D eigenvalue weighted by Gasteiger charge is 2.24. The van der Waals surface area contributed by atoms with Gasteiger partial charge in [0.05, 0.1) is 6.42 Å². The summed E-state index contributed by atoms with van der Waals surface area (Å²) in [6.07, 6.45) is 7.52. The van der Waals surface area contributed by atoms with Gasteiger partial charge in [-0.25, -0.2) is 0 Å². The Kier molecular flexibility index (Phi) is 5.15. The fourth-order valence-corrected chi connectivity index (χ4v) is 2.35. The Balaban J connectivity index is 2.51. The van der Waals surface area contributed by atoms with Crippen molar-refractivity contribution >= 4 is 12.4 Å². The number of amides is 1. The molecule has 15 heavy (non-hydrogen) atoms. The third-order valence-corrected chi connectivity index (χ3v) is 3.15. The average Bonchev–Trinajstić information content (AvgIpc) is 2.44. The quantitative estimate of drug-likeness (QED) is 0.538. The van der Waals surface area contributed by atoms with Crippen LogP contribution < -0.4 is 5.32 Å². The van der Waals surface area contributed by atoms with E-state index in [4.69, 9.17) is 5.11 Å². The second-order valence-electron chi connectivity index (χ2n) is 4.24. The molecule has 0 unspecified atom stereocenters. The zero-order valence-electron chi connectivity index (χ0n) is 8.95. The van der Waals surface area contributed by atoms with E-state index in [0.717, 1.165) is 25.7 Å². The predicted molar refractivity (Wildman–Crippen MR) is 56.4 cm³/mol. The van der Waals surface area contributed by atoms with E-state index < -0.39 is 5.97 Å². The summed E-state index contributed by atoms with van der Waals surface area (Å²) in [5.74, 6) is -0.493. The van der Waals surface area contributed by atoms with E-state index in [-0.39, 0.29) is 12.5 Å². The van der Waals surface area contributed by atoms with Crippen LogP contribution in [0, 0.1) is 5.92 Å². The van der Waals surface area contributed by atoms with Crippen LogP contribution in [0.15, 0.2) is 0 Å². The van der Waals surface area contributed by atoms with E-state index >= 15 is 0 Å². The molecule has 1 aliphatic carbocycles. The predicted octanol–water partition coefficient (Wildman–Crippen LogP) is 1.55. The van der Waals surface area contributed by atoms with Crippen molar-refractivity contribution in [2.24, 2.45) is 5.92 Å². The van der Waals surface area contributed by atoms with Gasteiger partial charge in [-0.3, -0.25) is 9.59 Å². The van der Waals surface area contributed by atoms with E-state index in [1.54, 1.807) is 0 Å². The first-order valence-corrected chi connectivity index (χ1v) is 5.65. The van der Waals surface area contributed by atoms with E-state index in [9.17, 15) is 9.59 Å². The minimum atomic E-state index is -0.835. The summed E-state index contributed by atoms with van der Waals surface area (Å²) in [5, 5.41) is 11.4. The van der Waals surface area contributed by atoms with Crippen LogP contribution in [0.4, 0.5) is 0 Å². The van der Waals surface area contributed by atoms with E-state index in [1.807, 2.05) is 0 Å². The largest absolute Gasteiger partial charge is 0.481 e. The van der Waals surface area contributed by atoms with Crippen LogP contribution in [0.5, 0.6) is 0 Å². The van der Waals surface area contributed by atoms with Crippen molar-refractivity contribution < 1.29 is 14.7 Å². The molecule has 2 N–H and O–H groups in total. The molecule has 0 aromatic heterocycles. The van der Waals surface area contributed by atoms with Gasteiger partial charge in [-0.2, -0.15) is 0 Å². The third kappa shape index (κ3) is 4.32. The smallest absolute Gasteiger partial charge is 0.305 e. The summed E-state index contributed by atoms with van der Waals surface area (Å²) in [6, 6.07) is -0.182. The van der Waals surface area contributed by atoms with Gasteiger partial charge in [0.2, 0.25) is 6.41 Å². The molecule has 0 aliphatic heterocycles. The molecule has 1 fully saturated rings. The maximum absolute atomic E-state index is 10.7. The van der Waals surface area contributed by atoms with Gasteiger partial charge in [0.15, 0.2) is 0 Å². The Hall–Kier alpha value is -1.06. The van der Waals surface area contributed by atoms with Crippen molar-refractivity contribution in [1.29, 1.82) is 0 Å². The second-order valence-corrected chi connectivity index (χ2v) is 4.24. The number of rotatable bonds is 5. The van der Waals surface area contributed by atoms with E-state index in [2.05, 4.69) is 5.32 Å². The van der Waals surface area contributed by atoms with Gasteiger partial charge in [-0.05, 0) is 18.8 Å². The molecular formula is C11H19NO3. The van der Waals surface area contributed by atoms with Crippen molar-refractivity contribution in [2.75, 3.05) is 0 Å². The van der Waals surface area contributed by atoms with Crippen LogP contribution in [0.25, 0.3) is 0 Å².